The predicted octanol–water partition coefficient (Wildman–Crippen LogP) is 4.95. The highest BCUT2D eigenvalue weighted by Crippen LogP contribution is 2.41. The van der Waals surface area contributed by atoms with Gasteiger partial charge in [0, 0.05) is 28.9 Å². The molecule has 1 aromatic heterocycles. The van der Waals surface area contributed by atoms with Crippen LogP contribution >= 0.6 is 11.3 Å². The van der Waals surface area contributed by atoms with Gasteiger partial charge in [-0.05, 0) is 74.1 Å². The molecular formula is C24H27NO2S. The first-order chi connectivity index (χ1) is 13.7. The second-order valence-electron chi connectivity index (χ2n) is 7.51. The van der Waals surface area contributed by atoms with E-state index in [9.17, 15) is 4.79 Å². The summed E-state index contributed by atoms with van der Waals surface area (Å²) in [6.07, 6.45) is 7.83. The average molecular weight is 394 g/mol. The zero-order chi connectivity index (χ0) is 19.5. The van der Waals surface area contributed by atoms with Crippen LogP contribution in [0.5, 0.6) is 0 Å². The fourth-order valence-corrected chi connectivity index (χ4v) is 5.24. The van der Waals surface area contributed by atoms with Gasteiger partial charge >= 0.3 is 5.97 Å². The molecule has 0 radical (unpaired) electrons. The molecule has 0 spiro atoms. The summed E-state index contributed by atoms with van der Waals surface area (Å²) in [5.74, 6) is -0.273. The maximum Gasteiger partial charge on any atom is 0.330 e. The Kier molecular flexibility index (Phi) is 5.79. The van der Waals surface area contributed by atoms with Crippen molar-refractivity contribution in [2.24, 2.45) is 0 Å². The van der Waals surface area contributed by atoms with Crippen molar-refractivity contribution in [2.45, 2.75) is 32.6 Å². The third-order valence-corrected chi connectivity index (χ3v) is 6.78. The molecule has 0 atom stereocenters. The summed E-state index contributed by atoms with van der Waals surface area (Å²) in [5.41, 5.74) is 7.25. The molecule has 146 valence electrons. The molecule has 4 rings (SSSR count). The standard InChI is InChI=1S/C24H27NO2S/c1-3-27-23(26)11-9-19-16-21-22(28-19)10-8-17-6-4-5-7-20(17)24(21)18-12-14-25(2)15-13-18/h4-7,9,11,16H,3,8,10,12-15H2,1-2H3/b11-9+. The zero-order valence-corrected chi connectivity index (χ0v) is 17.5. The molecule has 1 aliphatic heterocycles. The Morgan fingerprint density at radius 1 is 1.14 bits per heavy atom. The Morgan fingerprint density at radius 2 is 1.93 bits per heavy atom. The van der Waals surface area contributed by atoms with Gasteiger partial charge < -0.3 is 9.64 Å². The molecule has 0 N–H and O–H groups in total. The number of hydrogen-bond donors (Lipinski definition) is 0. The molecule has 4 heteroatoms. The number of likely N-dealkylation sites (tertiary alicyclic amines) is 1. The minimum absolute atomic E-state index is 0.273. The van der Waals surface area contributed by atoms with Crippen LogP contribution in [0.2, 0.25) is 0 Å². The maximum atomic E-state index is 11.7. The highest BCUT2D eigenvalue weighted by molar-refractivity contribution is 7.13. The molecule has 0 unspecified atom stereocenters. The predicted molar refractivity (Wildman–Crippen MR) is 117 cm³/mol. The second kappa shape index (κ2) is 8.46. The highest BCUT2D eigenvalue weighted by atomic mass is 32.1. The molecular weight excluding hydrogens is 366 g/mol. The molecule has 1 fully saturated rings. The normalized spacial score (nSPS) is 17.4. The van der Waals surface area contributed by atoms with Crippen molar-refractivity contribution in [3.05, 3.63) is 68.4 Å². The van der Waals surface area contributed by atoms with E-state index in [2.05, 4.69) is 42.3 Å². The Morgan fingerprint density at radius 3 is 2.71 bits per heavy atom. The number of ether oxygens (including phenoxy) is 1. The number of hydrogen-bond acceptors (Lipinski definition) is 4. The van der Waals surface area contributed by atoms with Crippen LogP contribution in [0.1, 0.15) is 46.2 Å². The third-order valence-electron chi connectivity index (χ3n) is 5.62. The quantitative estimate of drug-likeness (QED) is 0.546. The zero-order valence-electron chi connectivity index (χ0n) is 16.7. The smallest absolute Gasteiger partial charge is 0.330 e. The van der Waals surface area contributed by atoms with Crippen molar-refractivity contribution < 1.29 is 9.53 Å². The second-order valence-corrected chi connectivity index (χ2v) is 8.68. The molecule has 0 bridgehead atoms. The van der Waals surface area contributed by atoms with E-state index in [1.54, 1.807) is 11.6 Å². The Bertz CT molecular complexity index is 928. The maximum absolute atomic E-state index is 11.7. The van der Waals surface area contributed by atoms with Crippen molar-refractivity contribution in [2.75, 3.05) is 26.7 Å². The van der Waals surface area contributed by atoms with Crippen LogP contribution in [-0.4, -0.2) is 37.6 Å². The summed E-state index contributed by atoms with van der Waals surface area (Å²) in [7, 11) is 2.21. The first-order valence-electron chi connectivity index (χ1n) is 10.1. The number of carbonyl (C=O) groups excluding carboxylic acids is 1. The van der Waals surface area contributed by atoms with Crippen molar-refractivity contribution in [3.8, 4) is 0 Å². The Hall–Kier alpha value is -2.17. The van der Waals surface area contributed by atoms with E-state index in [1.807, 2.05) is 24.3 Å². The molecule has 1 aromatic carbocycles. The molecule has 0 saturated carbocycles. The van der Waals surface area contributed by atoms with Gasteiger partial charge in [0.05, 0.1) is 6.61 Å². The van der Waals surface area contributed by atoms with Gasteiger partial charge in [0.1, 0.15) is 0 Å². The molecule has 1 saturated heterocycles. The van der Waals surface area contributed by atoms with E-state index >= 15 is 0 Å². The van der Waals surface area contributed by atoms with Crippen LogP contribution in [-0.2, 0) is 22.4 Å². The minimum atomic E-state index is -0.273. The fourth-order valence-electron chi connectivity index (χ4n) is 4.16. The summed E-state index contributed by atoms with van der Waals surface area (Å²) in [5, 5.41) is 0. The van der Waals surface area contributed by atoms with Gasteiger partial charge in [0.25, 0.3) is 0 Å². The molecule has 2 heterocycles. The highest BCUT2D eigenvalue weighted by Gasteiger charge is 2.24. The first kappa shape index (κ1) is 19.2. The van der Waals surface area contributed by atoms with Gasteiger partial charge in [-0.3, -0.25) is 0 Å². The van der Waals surface area contributed by atoms with Crippen LogP contribution < -0.4 is 0 Å². The van der Waals surface area contributed by atoms with E-state index in [4.69, 9.17) is 4.74 Å². The van der Waals surface area contributed by atoms with Gasteiger partial charge in [-0.15, -0.1) is 11.3 Å². The SMILES string of the molecule is CCOC(=O)/C=C/c1cc2c(s1)CCc1ccccc1C2=C1CCN(C)CC1. The third kappa shape index (κ3) is 3.98. The van der Waals surface area contributed by atoms with E-state index in [1.165, 1.54) is 27.1 Å². The van der Waals surface area contributed by atoms with Crippen molar-refractivity contribution in [1.29, 1.82) is 0 Å². The lowest BCUT2D eigenvalue weighted by Crippen LogP contribution is -2.27. The molecule has 3 nitrogen and oxygen atoms in total. The number of piperidine rings is 1. The Balaban J connectivity index is 1.77. The molecule has 1 aliphatic carbocycles. The summed E-state index contributed by atoms with van der Waals surface area (Å²) < 4.78 is 5.02. The van der Waals surface area contributed by atoms with E-state index < -0.39 is 0 Å². The number of thiophene rings is 1. The van der Waals surface area contributed by atoms with Crippen LogP contribution in [0, 0.1) is 0 Å². The van der Waals surface area contributed by atoms with Crippen LogP contribution in [0.15, 0.2) is 42.0 Å². The van der Waals surface area contributed by atoms with Crippen LogP contribution in [0.25, 0.3) is 11.6 Å². The lowest BCUT2D eigenvalue weighted by atomic mass is 9.87. The molecule has 2 aromatic rings. The number of rotatable bonds is 3. The molecule has 0 amide bonds. The van der Waals surface area contributed by atoms with E-state index in [0.717, 1.165) is 43.6 Å². The number of esters is 1. The van der Waals surface area contributed by atoms with E-state index in [0.29, 0.717) is 6.61 Å². The summed E-state index contributed by atoms with van der Waals surface area (Å²) in [4.78, 5) is 16.7. The number of aryl methyl sites for hydroxylation is 2. The minimum Gasteiger partial charge on any atom is -0.463 e. The van der Waals surface area contributed by atoms with Crippen molar-refractivity contribution >= 4 is 29.0 Å². The van der Waals surface area contributed by atoms with Crippen molar-refractivity contribution in [1.82, 2.24) is 4.90 Å². The topological polar surface area (TPSA) is 29.5 Å². The number of benzene rings is 1. The number of nitrogens with zero attached hydrogens (tertiary/aromatic N) is 1. The molecule has 2 aliphatic rings. The Labute approximate surface area is 171 Å². The van der Waals surface area contributed by atoms with Gasteiger partial charge in [-0.2, -0.15) is 0 Å². The fraction of sp³-hybridized carbons (Fsp3) is 0.375. The van der Waals surface area contributed by atoms with Gasteiger partial charge in [0.2, 0.25) is 0 Å². The number of carbonyl (C=O) groups is 1. The first-order valence-corrected chi connectivity index (χ1v) is 10.9. The average Bonchev–Trinajstić information content (AvgIpc) is 3.04. The largest absolute Gasteiger partial charge is 0.463 e. The summed E-state index contributed by atoms with van der Waals surface area (Å²) >= 11 is 1.81. The lowest BCUT2D eigenvalue weighted by molar-refractivity contribution is -0.137. The van der Waals surface area contributed by atoms with Crippen molar-refractivity contribution in [3.63, 3.8) is 0 Å². The van der Waals surface area contributed by atoms with Gasteiger partial charge in [-0.25, -0.2) is 4.79 Å². The van der Waals surface area contributed by atoms with Crippen LogP contribution in [0.3, 0.4) is 0 Å². The van der Waals surface area contributed by atoms with Gasteiger partial charge in [-0.1, -0.05) is 29.8 Å². The lowest BCUT2D eigenvalue weighted by Gasteiger charge is -2.27. The van der Waals surface area contributed by atoms with E-state index in [-0.39, 0.29) is 5.97 Å². The number of fused-ring (bicyclic) bond motifs is 2. The van der Waals surface area contributed by atoms with Crippen LogP contribution in [0.4, 0.5) is 0 Å². The summed E-state index contributed by atoms with van der Waals surface area (Å²) in [6.45, 7) is 4.48. The van der Waals surface area contributed by atoms with Gasteiger partial charge in [0.15, 0.2) is 0 Å². The molecule has 28 heavy (non-hydrogen) atoms. The monoisotopic (exact) mass is 393 g/mol. The summed E-state index contributed by atoms with van der Waals surface area (Å²) in [6, 6.07) is 11.2.